The summed E-state index contributed by atoms with van der Waals surface area (Å²) in [5.41, 5.74) is 4.88. The maximum absolute atomic E-state index is 12.2. The van der Waals surface area contributed by atoms with Crippen LogP contribution in [0.1, 0.15) is 12.0 Å². The lowest BCUT2D eigenvalue weighted by atomic mass is 10.2. The molecule has 1 aromatic rings. The molecule has 13 heavy (non-hydrogen) atoms. The van der Waals surface area contributed by atoms with E-state index in [0.717, 1.165) is 12.1 Å². The zero-order chi connectivity index (χ0) is 10.0. The molecule has 72 valence electrons. The van der Waals surface area contributed by atoms with Gasteiger partial charge in [0.2, 0.25) is 0 Å². The monoisotopic (exact) mass is 189 g/mol. The van der Waals surface area contributed by atoms with E-state index in [-0.39, 0.29) is 22.7 Å². The average Bonchev–Trinajstić information content (AvgIpc) is 2.09. The Labute approximate surface area is 73.7 Å². The number of halogens is 2. The molecule has 1 rings (SSSR count). The Kier molecular flexibility index (Phi) is 2.55. The van der Waals surface area contributed by atoms with Crippen molar-refractivity contribution in [2.45, 2.75) is 6.43 Å². The highest BCUT2D eigenvalue weighted by molar-refractivity contribution is 5.61. The smallest absolute Gasteiger partial charge is 0.264 e. The number of hydrogen-bond donors (Lipinski definition) is 2. The second kappa shape index (κ2) is 3.47. The van der Waals surface area contributed by atoms with Crippen LogP contribution in [0.5, 0.6) is 11.5 Å². The summed E-state index contributed by atoms with van der Waals surface area (Å²) in [6.45, 7) is 0. The number of hydrogen-bond acceptors (Lipinski definition) is 3. The molecule has 0 aromatic heterocycles. The summed E-state index contributed by atoms with van der Waals surface area (Å²) < 4.78 is 29.1. The summed E-state index contributed by atoms with van der Waals surface area (Å²) in [4.78, 5) is 0. The van der Waals surface area contributed by atoms with Crippen molar-refractivity contribution in [1.29, 1.82) is 0 Å². The predicted molar refractivity (Wildman–Crippen MR) is 44.0 cm³/mol. The molecule has 0 bridgehead atoms. The molecule has 5 heteroatoms. The fourth-order valence-corrected chi connectivity index (χ4v) is 0.933. The van der Waals surface area contributed by atoms with Gasteiger partial charge in [-0.2, -0.15) is 0 Å². The molecule has 0 aliphatic heterocycles. The number of nitrogens with two attached hydrogens (primary N) is 1. The minimum Gasteiger partial charge on any atom is -0.503 e. The van der Waals surface area contributed by atoms with Gasteiger partial charge in [-0.3, -0.25) is 0 Å². The standard InChI is InChI=1S/C8H9F2NO2/c1-13-6-3-4(8(9)10)2-5(11)7(6)12/h2-3,8,12H,11H2,1H3. The van der Waals surface area contributed by atoms with Crippen LogP contribution in [0.4, 0.5) is 14.5 Å². The third-order valence-corrected chi connectivity index (χ3v) is 1.60. The van der Waals surface area contributed by atoms with Crippen molar-refractivity contribution in [1.82, 2.24) is 0 Å². The van der Waals surface area contributed by atoms with Gasteiger partial charge in [0.15, 0.2) is 11.5 Å². The van der Waals surface area contributed by atoms with E-state index in [1.165, 1.54) is 7.11 Å². The summed E-state index contributed by atoms with van der Waals surface area (Å²) >= 11 is 0. The molecule has 0 aliphatic carbocycles. The van der Waals surface area contributed by atoms with E-state index in [1.807, 2.05) is 0 Å². The Hall–Kier alpha value is -1.52. The maximum atomic E-state index is 12.2. The molecule has 0 atom stereocenters. The Morgan fingerprint density at radius 3 is 2.54 bits per heavy atom. The molecule has 0 heterocycles. The van der Waals surface area contributed by atoms with Crippen molar-refractivity contribution in [3.05, 3.63) is 17.7 Å². The molecule has 0 spiro atoms. The van der Waals surface area contributed by atoms with E-state index in [9.17, 15) is 13.9 Å². The number of aromatic hydroxyl groups is 1. The van der Waals surface area contributed by atoms with Crippen LogP contribution in [0, 0.1) is 0 Å². The maximum Gasteiger partial charge on any atom is 0.264 e. The highest BCUT2D eigenvalue weighted by atomic mass is 19.3. The first-order valence-electron chi connectivity index (χ1n) is 3.50. The van der Waals surface area contributed by atoms with Gasteiger partial charge in [0, 0.05) is 5.56 Å². The second-order valence-electron chi connectivity index (χ2n) is 2.46. The van der Waals surface area contributed by atoms with Gasteiger partial charge in [-0.1, -0.05) is 0 Å². The first-order valence-corrected chi connectivity index (χ1v) is 3.50. The topological polar surface area (TPSA) is 55.5 Å². The lowest BCUT2D eigenvalue weighted by Crippen LogP contribution is -1.94. The number of anilines is 1. The molecule has 3 N–H and O–H groups in total. The molecule has 1 aromatic carbocycles. The normalized spacial score (nSPS) is 10.5. The summed E-state index contributed by atoms with van der Waals surface area (Å²) in [5, 5.41) is 9.21. The molecule has 0 saturated carbocycles. The molecule has 0 radical (unpaired) electrons. The van der Waals surface area contributed by atoms with Gasteiger partial charge < -0.3 is 15.6 Å². The van der Waals surface area contributed by atoms with Crippen molar-refractivity contribution in [2.75, 3.05) is 12.8 Å². The van der Waals surface area contributed by atoms with Gasteiger partial charge in [0.25, 0.3) is 6.43 Å². The highest BCUT2D eigenvalue weighted by Crippen LogP contribution is 2.36. The largest absolute Gasteiger partial charge is 0.503 e. The quantitative estimate of drug-likeness (QED) is 0.552. The molecule has 3 nitrogen and oxygen atoms in total. The lowest BCUT2D eigenvalue weighted by molar-refractivity contribution is 0.151. The first kappa shape index (κ1) is 9.57. The molecule has 0 unspecified atom stereocenters. The van der Waals surface area contributed by atoms with E-state index in [0.29, 0.717) is 0 Å². The lowest BCUT2D eigenvalue weighted by Gasteiger charge is -2.08. The number of phenols is 1. The van der Waals surface area contributed by atoms with Crippen molar-refractivity contribution in [3.63, 3.8) is 0 Å². The number of nitrogen functional groups attached to an aromatic ring is 1. The number of alkyl halides is 2. The van der Waals surface area contributed by atoms with Crippen molar-refractivity contribution >= 4 is 5.69 Å². The molecule has 0 aliphatic rings. The van der Waals surface area contributed by atoms with Gasteiger partial charge in [0.1, 0.15) is 0 Å². The van der Waals surface area contributed by atoms with E-state index < -0.39 is 6.43 Å². The van der Waals surface area contributed by atoms with Crippen LogP contribution in [-0.2, 0) is 0 Å². The predicted octanol–water partition coefficient (Wildman–Crippen LogP) is 1.92. The van der Waals surface area contributed by atoms with E-state index >= 15 is 0 Å². The van der Waals surface area contributed by atoms with E-state index in [1.54, 1.807) is 0 Å². The fourth-order valence-electron chi connectivity index (χ4n) is 0.933. The fraction of sp³-hybridized carbons (Fsp3) is 0.250. The van der Waals surface area contributed by atoms with Gasteiger partial charge in [-0.05, 0) is 12.1 Å². The Morgan fingerprint density at radius 1 is 1.46 bits per heavy atom. The van der Waals surface area contributed by atoms with Gasteiger partial charge in [0.05, 0.1) is 12.8 Å². The SMILES string of the molecule is COc1cc(C(F)F)cc(N)c1O. The number of methoxy groups -OCH3 is 1. The number of ether oxygens (including phenoxy) is 1. The third-order valence-electron chi connectivity index (χ3n) is 1.60. The average molecular weight is 189 g/mol. The molecule has 0 amide bonds. The zero-order valence-corrected chi connectivity index (χ0v) is 6.92. The Bertz CT molecular complexity index is 315. The third kappa shape index (κ3) is 1.80. The second-order valence-corrected chi connectivity index (χ2v) is 2.46. The number of phenolic OH excluding ortho intramolecular Hbond substituents is 1. The minimum atomic E-state index is -2.63. The molecule has 0 fully saturated rings. The van der Waals surface area contributed by atoms with Crippen molar-refractivity contribution in [3.8, 4) is 11.5 Å². The van der Waals surface area contributed by atoms with Crippen LogP contribution < -0.4 is 10.5 Å². The Balaban J connectivity index is 3.22. The number of benzene rings is 1. The van der Waals surface area contributed by atoms with Crippen LogP contribution >= 0.6 is 0 Å². The first-order chi connectivity index (χ1) is 6.06. The summed E-state index contributed by atoms with van der Waals surface area (Å²) in [6.07, 6.45) is -2.63. The van der Waals surface area contributed by atoms with Gasteiger partial charge in [-0.15, -0.1) is 0 Å². The van der Waals surface area contributed by atoms with Gasteiger partial charge >= 0.3 is 0 Å². The van der Waals surface area contributed by atoms with Crippen LogP contribution in [0.15, 0.2) is 12.1 Å². The van der Waals surface area contributed by atoms with Crippen molar-refractivity contribution in [2.24, 2.45) is 0 Å². The van der Waals surface area contributed by atoms with E-state index in [4.69, 9.17) is 5.73 Å². The molecular weight excluding hydrogens is 180 g/mol. The minimum absolute atomic E-state index is 0.0460. The van der Waals surface area contributed by atoms with Crippen molar-refractivity contribution < 1.29 is 18.6 Å². The molecule has 0 saturated heterocycles. The van der Waals surface area contributed by atoms with Gasteiger partial charge in [-0.25, -0.2) is 8.78 Å². The van der Waals surface area contributed by atoms with Crippen LogP contribution in [0.25, 0.3) is 0 Å². The number of rotatable bonds is 2. The molecular formula is C8H9F2NO2. The van der Waals surface area contributed by atoms with Crippen LogP contribution in [-0.4, -0.2) is 12.2 Å². The van der Waals surface area contributed by atoms with Crippen LogP contribution in [0.2, 0.25) is 0 Å². The summed E-state index contributed by atoms with van der Waals surface area (Å²) in [7, 11) is 1.27. The summed E-state index contributed by atoms with van der Waals surface area (Å²) in [5.74, 6) is -0.359. The summed E-state index contributed by atoms with van der Waals surface area (Å²) in [6, 6.07) is 2.07. The zero-order valence-electron chi connectivity index (χ0n) is 6.92. The van der Waals surface area contributed by atoms with Crippen LogP contribution in [0.3, 0.4) is 0 Å². The Morgan fingerprint density at radius 2 is 2.08 bits per heavy atom. The highest BCUT2D eigenvalue weighted by Gasteiger charge is 2.13. The van der Waals surface area contributed by atoms with E-state index in [2.05, 4.69) is 4.74 Å².